The number of nitrogens with one attached hydrogen (secondary N) is 1. The van der Waals surface area contributed by atoms with Gasteiger partial charge in [0.05, 0.1) is 10.6 Å². The Bertz CT molecular complexity index is 719. The second-order valence-corrected chi connectivity index (χ2v) is 8.48. The van der Waals surface area contributed by atoms with Gasteiger partial charge in [-0.2, -0.15) is 4.31 Å². The van der Waals surface area contributed by atoms with Crippen LogP contribution in [0.15, 0.2) is 23.1 Å². The van der Waals surface area contributed by atoms with E-state index in [1.54, 1.807) is 0 Å². The maximum absolute atomic E-state index is 13.7. The van der Waals surface area contributed by atoms with Gasteiger partial charge in [0.2, 0.25) is 15.9 Å². The van der Waals surface area contributed by atoms with Gasteiger partial charge in [-0.25, -0.2) is 12.8 Å². The molecule has 0 aliphatic carbocycles. The Morgan fingerprint density at radius 1 is 1.43 bits per heavy atom. The first-order valence-electron chi connectivity index (χ1n) is 7.37. The Balaban J connectivity index is 2.35. The lowest BCUT2D eigenvalue weighted by atomic mass is 9.81. The van der Waals surface area contributed by atoms with Gasteiger partial charge < -0.3 is 11.1 Å². The van der Waals surface area contributed by atoms with E-state index in [-0.39, 0.29) is 22.0 Å². The van der Waals surface area contributed by atoms with Crippen LogP contribution in [0.2, 0.25) is 0 Å². The molecule has 2 rings (SSSR count). The minimum atomic E-state index is -3.77. The van der Waals surface area contributed by atoms with Gasteiger partial charge in [0, 0.05) is 26.1 Å². The van der Waals surface area contributed by atoms with E-state index >= 15 is 0 Å². The quantitative estimate of drug-likeness (QED) is 0.870. The summed E-state index contributed by atoms with van der Waals surface area (Å²) in [5.74, 6) is -1.15. The molecule has 1 aromatic carbocycles. The maximum atomic E-state index is 13.7. The minimum absolute atomic E-state index is 0.0473. The first-order chi connectivity index (χ1) is 10.5. The molecule has 6 nitrogen and oxygen atoms in total. The number of halogens is 1. The van der Waals surface area contributed by atoms with Crippen LogP contribution in [-0.2, 0) is 14.8 Å². The lowest BCUT2D eigenvalue weighted by molar-refractivity contribution is -0.114. The molecule has 0 spiro atoms. The molecule has 3 N–H and O–H groups in total. The zero-order chi connectivity index (χ0) is 17.4. The Labute approximate surface area is 135 Å². The van der Waals surface area contributed by atoms with Crippen molar-refractivity contribution in [2.75, 3.05) is 18.4 Å². The van der Waals surface area contributed by atoms with E-state index in [1.807, 2.05) is 13.8 Å². The second kappa shape index (κ2) is 6.18. The number of sulfonamides is 1. The maximum Gasteiger partial charge on any atom is 0.243 e. The van der Waals surface area contributed by atoms with Crippen molar-refractivity contribution in [3.05, 3.63) is 24.0 Å². The van der Waals surface area contributed by atoms with Crippen LogP contribution < -0.4 is 11.1 Å². The molecule has 0 bridgehead atoms. The molecular formula is C15H22FN3O3S. The molecule has 1 saturated heterocycles. The minimum Gasteiger partial charge on any atom is -0.327 e. The molecule has 128 valence electrons. The number of piperidine rings is 1. The number of carbonyl (C=O) groups excluding carboxylic acids is 1. The van der Waals surface area contributed by atoms with Crippen LogP contribution in [0, 0.1) is 11.2 Å². The smallest absolute Gasteiger partial charge is 0.243 e. The van der Waals surface area contributed by atoms with Gasteiger partial charge in [0.25, 0.3) is 0 Å². The number of rotatable bonds is 3. The predicted molar refractivity (Wildman–Crippen MR) is 85.8 cm³/mol. The highest BCUT2D eigenvalue weighted by molar-refractivity contribution is 7.89. The number of benzene rings is 1. The number of hydrogen-bond donors (Lipinski definition) is 2. The third kappa shape index (κ3) is 3.70. The molecule has 1 aliphatic rings. The van der Waals surface area contributed by atoms with Gasteiger partial charge in [0.15, 0.2) is 0 Å². The van der Waals surface area contributed by atoms with E-state index in [0.29, 0.717) is 19.5 Å². The van der Waals surface area contributed by atoms with Crippen molar-refractivity contribution in [2.24, 2.45) is 11.1 Å². The van der Waals surface area contributed by atoms with Gasteiger partial charge in [-0.05, 0) is 30.0 Å². The number of nitrogens with zero attached hydrogens (tertiary/aromatic N) is 1. The van der Waals surface area contributed by atoms with Crippen molar-refractivity contribution in [3.8, 4) is 0 Å². The molecule has 23 heavy (non-hydrogen) atoms. The molecule has 1 fully saturated rings. The normalized spacial score (nSPS) is 21.9. The van der Waals surface area contributed by atoms with Crippen LogP contribution >= 0.6 is 0 Å². The first-order valence-corrected chi connectivity index (χ1v) is 8.81. The zero-order valence-corrected chi connectivity index (χ0v) is 14.3. The average molecular weight is 343 g/mol. The van der Waals surface area contributed by atoms with Crippen molar-refractivity contribution in [1.29, 1.82) is 0 Å². The number of anilines is 1. The zero-order valence-electron chi connectivity index (χ0n) is 13.5. The topological polar surface area (TPSA) is 92.5 Å². The Hall–Kier alpha value is -1.51. The predicted octanol–water partition coefficient (Wildman–Crippen LogP) is 1.53. The van der Waals surface area contributed by atoms with Crippen LogP contribution in [0.4, 0.5) is 10.1 Å². The summed E-state index contributed by atoms with van der Waals surface area (Å²) in [7, 11) is -3.77. The van der Waals surface area contributed by atoms with Crippen molar-refractivity contribution in [2.45, 2.75) is 38.1 Å². The average Bonchev–Trinajstić information content (AvgIpc) is 2.43. The number of carbonyl (C=O) groups is 1. The highest BCUT2D eigenvalue weighted by atomic mass is 32.2. The van der Waals surface area contributed by atoms with Crippen LogP contribution in [0.3, 0.4) is 0 Å². The van der Waals surface area contributed by atoms with Gasteiger partial charge in [-0.3, -0.25) is 4.79 Å². The molecule has 0 saturated carbocycles. The van der Waals surface area contributed by atoms with Gasteiger partial charge in [-0.1, -0.05) is 13.8 Å². The molecule has 1 aliphatic heterocycles. The van der Waals surface area contributed by atoms with E-state index in [9.17, 15) is 17.6 Å². The lowest BCUT2D eigenvalue weighted by Crippen LogP contribution is -2.53. The molecule has 8 heteroatoms. The molecule has 1 unspecified atom stereocenters. The monoisotopic (exact) mass is 343 g/mol. The SMILES string of the molecule is CC(=O)Nc1cc(S(=O)(=O)N2CCC(N)C(C)(C)C2)ccc1F. The van der Waals surface area contributed by atoms with Crippen molar-refractivity contribution >= 4 is 21.6 Å². The fraction of sp³-hybridized carbons (Fsp3) is 0.533. The Morgan fingerprint density at radius 3 is 2.65 bits per heavy atom. The molecule has 0 radical (unpaired) electrons. The van der Waals surface area contributed by atoms with E-state index in [2.05, 4.69) is 5.32 Å². The first kappa shape index (κ1) is 17.8. The van der Waals surface area contributed by atoms with Gasteiger partial charge >= 0.3 is 0 Å². The summed E-state index contributed by atoms with van der Waals surface area (Å²) in [6.07, 6.45) is 0.561. The van der Waals surface area contributed by atoms with Crippen LogP contribution in [0.25, 0.3) is 0 Å². The fourth-order valence-electron chi connectivity index (χ4n) is 2.63. The van der Waals surface area contributed by atoms with Crippen LogP contribution in [0.5, 0.6) is 0 Å². The van der Waals surface area contributed by atoms with E-state index < -0.39 is 21.7 Å². The van der Waals surface area contributed by atoms with E-state index in [1.165, 1.54) is 17.3 Å². The van der Waals surface area contributed by atoms with Crippen LogP contribution in [0.1, 0.15) is 27.2 Å². The lowest BCUT2D eigenvalue weighted by Gasteiger charge is -2.41. The van der Waals surface area contributed by atoms with Gasteiger partial charge in [-0.15, -0.1) is 0 Å². The largest absolute Gasteiger partial charge is 0.327 e. The van der Waals surface area contributed by atoms with Crippen molar-refractivity contribution in [1.82, 2.24) is 4.31 Å². The fourth-order valence-corrected chi connectivity index (χ4v) is 4.28. The number of amides is 1. The number of nitrogens with two attached hydrogens (primary N) is 1. The molecule has 1 aromatic rings. The molecule has 1 atom stereocenters. The summed E-state index contributed by atoms with van der Waals surface area (Å²) in [5.41, 5.74) is 5.55. The second-order valence-electron chi connectivity index (χ2n) is 6.55. The summed E-state index contributed by atoms with van der Waals surface area (Å²) in [4.78, 5) is 11.1. The Kier molecular flexibility index (Phi) is 4.79. The molecule has 1 amide bonds. The third-order valence-electron chi connectivity index (χ3n) is 4.16. The molecule has 1 heterocycles. The molecular weight excluding hydrogens is 321 g/mol. The third-order valence-corrected chi connectivity index (χ3v) is 6.00. The summed E-state index contributed by atoms with van der Waals surface area (Å²) in [5, 5.41) is 2.29. The number of hydrogen-bond acceptors (Lipinski definition) is 4. The molecule has 0 aromatic heterocycles. The highest BCUT2D eigenvalue weighted by Gasteiger charge is 2.38. The van der Waals surface area contributed by atoms with Crippen molar-refractivity contribution < 1.29 is 17.6 Å². The van der Waals surface area contributed by atoms with Gasteiger partial charge in [0.1, 0.15) is 5.82 Å². The summed E-state index contributed by atoms with van der Waals surface area (Å²) >= 11 is 0. The van der Waals surface area contributed by atoms with Crippen molar-refractivity contribution in [3.63, 3.8) is 0 Å². The summed E-state index contributed by atoms with van der Waals surface area (Å²) in [6, 6.07) is 3.32. The summed E-state index contributed by atoms with van der Waals surface area (Å²) in [6.45, 7) is 5.69. The highest BCUT2D eigenvalue weighted by Crippen LogP contribution is 2.32. The Morgan fingerprint density at radius 2 is 2.09 bits per heavy atom. The van der Waals surface area contributed by atoms with E-state index in [0.717, 1.165) is 12.1 Å². The standard InChI is InChI=1S/C15H22FN3O3S/c1-10(20)18-13-8-11(4-5-12(13)16)23(21,22)19-7-6-14(17)15(2,3)9-19/h4-5,8,14H,6-7,9,17H2,1-3H3,(H,18,20). The van der Waals surface area contributed by atoms with E-state index in [4.69, 9.17) is 5.73 Å². The summed E-state index contributed by atoms with van der Waals surface area (Å²) < 4.78 is 40.6. The van der Waals surface area contributed by atoms with Crippen LogP contribution in [-0.4, -0.2) is 37.8 Å².